The number of hydrogen-bond donors (Lipinski definition) is 2. The van der Waals surface area contributed by atoms with Crippen molar-refractivity contribution in [2.75, 3.05) is 5.32 Å². The molecule has 116 valence electrons. The summed E-state index contributed by atoms with van der Waals surface area (Å²) >= 11 is 0. The van der Waals surface area contributed by atoms with Gasteiger partial charge in [-0.05, 0) is 51.2 Å². The SMILES string of the molecule is Cc1ccc(NC(=O)[C@@H](C)[NH2+][C@@H]2CCC[C@H](C)[C@@H]2C)cc1. The van der Waals surface area contributed by atoms with Gasteiger partial charge in [0.25, 0.3) is 5.91 Å². The zero-order valence-electron chi connectivity index (χ0n) is 13.7. The van der Waals surface area contributed by atoms with Gasteiger partial charge in [0.1, 0.15) is 0 Å². The van der Waals surface area contributed by atoms with E-state index in [1.165, 1.54) is 24.8 Å². The van der Waals surface area contributed by atoms with E-state index >= 15 is 0 Å². The molecule has 1 aliphatic rings. The van der Waals surface area contributed by atoms with Crippen LogP contribution in [0.5, 0.6) is 0 Å². The molecule has 0 spiro atoms. The number of carbonyl (C=O) groups excluding carboxylic acids is 1. The van der Waals surface area contributed by atoms with Crippen molar-refractivity contribution in [1.29, 1.82) is 0 Å². The van der Waals surface area contributed by atoms with Crippen molar-refractivity contribution in [2.45, 2.75) is 59.0 Å². The summed E-state index contributed by atoms with van der Waals surface area (Å²) in [5.41, 5.74) is 2.09. The summed E-state index contributed by atoms with van der Waals surface area (Å²) in [5, 5.41) is 5.28. The van der Waals surface area contributed by atoms with Gasteiger partial charge in [0.2, 0.25) is 0 Å². The first-order valence-corrected chi connectivity index (χ1v) is 8.20. The number of carbonyl (C=O) groups is 1. The highest BCUT2D eigenvalue weighted by Crippen LogP contribution is 2.27. The molecule has 1 aliphatic carbocycles. The summed E-state index contributed by atoms with van der Waals surface area (Å²) < 4.78 is 0. The van der Waals surface area contributed by atoms with Crippen LogP contribution in [0.3, 0.4) is 0 Å². The molecule has 1 aromatic carbocycles. The van der Waals surface area contributed by atoms with Gasteiger partial charge in [-0.15, -0.1) is 0 Å². The van der Waals surface area contributed by atoms with Crippen molar-refractivity contribution in [1.82, 2.24) is 0 Å². The minimum absolute atomic E-state index is 0.0379. The van der Waals surface area contributed by atoms with Crippen LogP contribution in [0.15, 0.2) is 24.3 Å². The van der Waals surface area contributed by atoms with Crippen molar-refractivity contribution >= 4 is 11.6 Å². The third kappa shape index (κ3) is 4.31. The number of benzene rings is 1. The summed E-state index contributed by atoms with van der Waals surface area (Å²) in [6.07, 6.45) is 3.85. The smallest absolute Gasteiger partial charge is 0.282 e. The molecule has 0 aliphatic heterocycles. The van der Waals surface area contributed by atoms with E-state index < -0.39 is 0 Å². The van der Waals surface area contributed by atoms with Crippen LogP contribution in [-0.2, 0) is 4.79 Å². The summed E-state index contributed by atoms with van der Waals surface area (Å²) in [7, 11) is 0. The minimum atomic E-state index is -0.0379. The molecule has 2 rings (SSSR count). The van der Waals surface area contributed by atoms with Crippen LogP contribution in [0.4, 0.5) is 5.69 Å². The first-order valence-electron chi connectivity index (χ1n) is 8.20. The maximum absolute atomic E-state index is 12.3. The lowest BCUT2D eigenvalue weighted by Crippen LogP contribution is -2.97. The van der Waals surface area contributed by atoms with Crippen LogP contribution >= 0.6 is 0 Å². The van der Waals surface area contributed by atoms with Crippen LogP contribution < -0.4 is 10.6 Å². The lowest BCUT2D eigenvalue weighted by Gasteiger charge is -2.33. The number of aryl methyl sites for hydroxylation is 1. The van der Waals surface area contributed by atoms with Crippen molar-refractivity contribution in [3.05, 3.63) is 29.8 Å². The summed E-state index contributed by atoms with van der Waals surface area (Å²) in [6.45, 7) is 8.72. The zero-order valence-corrected chi connectivity index (χ0v) is 13.7. The second-order valence-electron chi connectivity index (χ2n) is 6.77. The van der Waals surface area contributed by atoms with Gasteiger partial charge in [0.05, 0.1) is 6.04 Å². The first-order chi connectivity index (χ1) is 9.97. The van der Waals surface area contributed by atoms with Crippen LogP contribution in [0.1, 0.15) is 45.6 Å². The summed E-state index contributed by atoms with van der Waals surface area (Å²) in [5.74, 6) is 1.56. The van der Waals surface area contributed by atoms with Crippen molar-refractivity contribution in [3.63, 3.8) is 0 Å². The maximum atomic E-state index is 12.3. The fourth-order valence-corrected chi connectivity index (χ4v) is 3.25. The molecule has 0 bridgehead atoms. The van der Waals surface area contributed by atoms with E-state index in [9.17, 15) is 4.79 Å². The van der Waals surface area contributed by atoms with Crippen LogP contribution in [0.2, 0.25) is 0 Å². The molecule has 1 aromatic rings. The largest absolute Gasteiger partial charge is 0.334 e. The highest BCUT2D eigenvalue weighted by molar-refractivity contribution is 5.93. The van der Waals surface area contributed by atoms with Crippen molar-refractivity contribution < 1.29 is 10.1 Å². The molecule has 3 nitrogen and oxygen atoms in total. The number of nitrogens with one attached hydrogen (secondary N) is 1. The topological polar surface area (TPSA) is 45.7 Å². The molecule has 0 unspecified atom stereocenters. The van der Waals surface area contributed by atoms with Crippen molar-refractivity contribution in [2.24, 2.45) is 11.8 Å². The van der Waals surface area contributed by atoms with Crippen LogP contribution in [0, 0.1) is 18.8 Å². The van der Waals surface area contributed by atoms with E-state index in [0.29, 0.717) is 12.0 Å². The minimum Gasteiger partial charge on any atom is -0.334 e. The van der Waals surface area contributed by atoms with E-state index in [2.05, 4.69) is 24.5 Å². The molecule has 4 atom stereocenters. The Morgan fingerprint density at radius 3 is 2.57 bits per heavy atom. The molecule has 0 aromatic heterocycles. The lowest BCUT2D eigenvalue weighted by atomic mass is 9.78. The summed E-state index contributed by atoms with van der Waals surface area (Å²) in [6, 6.07) is 8.51. The van der Waals surface area contributed by atoms with Gasteiger partial charge >= 0.3 is 0 Å². The van der Waals surface area contributed by atoms with Gasteiger partial charge in [-0.25, -0.2) is 0 Å². The number of hydrogen-bond acceptors (Lipinski definition) is 1. The normalized spacial score (nSPS) is 27.1. The quantitative estimate of drug-likeness (QED) is 0.879. The molecule has 0 radical (unpaired) electrons. The number of quaternary nitrogens is 1. The maximum Gasteiger partial charge on any atom is 0.282 e. The van der Waals surface area contributed by atoms with E-state index in [1.807, 2.05) is 38.1 Å². The highest BCUT2D eigenvalue weighted by Gasteiger charge is 2.32. The average molecular weight is 289 g/mol. The summed E-state index contributed by atoms with van der Waals surface area (Å²) in [4.78, 5) is 12.3. The molecule has 1 saturated carbocycles. The number of nitrogens with two attached hydrogens (primary N) is 1. The average Bonchev–Trinajstić information content (AvgIpc) is 2.46. The van der Waals surface area contributed by atoms with E-state index in [1.54, 1.807) is 0 Å². The van der Waals surface area contributed by atoms with Gasteiger partial charge < -0.3 is 10.6 Å². The monoisotopic (exact) mass is 289 g/mol. The number of amides is 1. The molecule has 0 saturated heterocycles. The molecular weight excluding hydrogens is 260 g/mol. The Balaban J connectivity index is 1.88. The molecular formula is C18H29N2O+. The molecule has 3 N–H and O–H groups in total. The van der Waals surface area contributed by atoms with E-state index in [0.717, 1.165) is 11.6 Å². The Kier molecular flexibility index (Phi) is 5.40. The lowest BCUT2D eigenvalue weighted by molar-refractivity contribution is -0.715. The van der Waals surface area contributed by atoms with Crippen LogP contribution in [0.25, 0.3) is 0 Å². The standard InChI is InChI=1S/C18H28N2O/c1-12-8-10-16(11-9-12)20-18(21)15(4)19-17-7-5-6-13(2)14(17)3/h8-11,13-15,17,19H,5-7H2,1-4H3,(H,20,21)/p+1/t13-,14-,15+,17+/m0/s1. The Hall–Kier alpha value is -1.35. The molecule has 1 amide bonds. The second-order valence-corrected chi connectivity index (χ2v) is 6.77. The number of anilines is 1. The third-order valence-electron chi connectivity index (χ3n) is 5.04. The van der Waals surface area contributed by atoms with Gasteiger partial charge in [-0.3, -0.25) is 4.79 Å². The Labute approximate surface area is 128 Å². The molecule has 0 heterocycles. The molecule has 21 heavy (non-hydrogen) atoms. The highest BCUT2D eigenvalue weighted by atomic mass is 16.2. The zero-order chi connectivity index (χ0) is 15.4. The fourth-order valence-electron chi connectivity index (χ4n) is 3.25. The number of rotatable bonds is 4. The van der Waals surface area contributed by atoms with Gasteiger partial charge in [-0.1, -0.05) is 31.5 Å². The van der Waals surface area contributed by atoms with Gasteiger partial charge in [0, 0.05) is 11.6 Å². The predicted octanol–water partition coefficient (Wildman–Crippen LogP) is 2.71. The van der Waals surface area contributed by atoms with E-state index in [-0.39, 0.29) is 11.9 Å². The second kappa shape index (κ2) is 7.08. The van der Waals surface area contributed by atoms with Gasteiger partial charge in [0.15, 0.2) is 6.04 Å². The predicted molar refractivity (Wildman–Crippen MR) is 87.2 cm³/mol. The van der Waals surface area contributed by atoms with E-state index in [4.69, 9.17) is 0 Å². The van der Waals surface area contributed by atoms with Crippen LogP contribution in [-0.4, -0.2) is 18.0 Å². The molecule has 1 fully saturated rings. The Morgan fingerprint density at radius 2 is 1.90 bits per heavy atom. The van der Waals surface area contributed by atoms with Crippen molar-refractivity contribution in [3.8, 4) is 0 Å². The Bertz CT molecular complexity index is 469. The Morgan fingerprint density at radius 1 is 1.24 bits per heavy atom. The molecule has 3 heteroatoms. The first kappa shape index (κ1) is 16.0. The third-order valence-corrected chi connectivity index (χ3v) is 5.04. The fraction of sp³-hybridized carbons (Fsp3) is 0.611. The van der Waals surface area contributed by atoms with Gasteiger partial charge in [-0.2, -0.15) is 0 Å².